The molecule has 2 atom stereocenters. The lowest BCUT2D eigenvalue weighted by Crippen LogP contribution is -2.54. The Morgan fingerprint density at radius 2 is 1.02 bits per heavy atom. The molecule has 0 fully saturated rings. The number of aliphatic carboxylic acids is 1. The van der Waals surface area contributed by atoms with Crippen LogP contribution in [0.3, 0.4) is 0 Å². The maximum absolute atomic E-state index is 13.7. The van der Waals surface area contributed by atoms with E-state index in [1.807, 2.05) is 14.1 Å². The van der Waals surface area contributed by atoms with E-state index >= 15 is 0 Å². The molecule has 0 aromatic rings. The van der Waals surface area contributed by atoms with Crippen molar-refractivity contribution in [3.63, 3.8) is 0 Å². The first-order valence-electron chi connectivity index (χ1n) is 24.1. The molecular weight excluding hydrogens is 723 g/mol. The van der Waals surface area contributed by atoms with Crippen LogP contribution in [0.4, 0.5) is 0 Å². The highest BCUT2D eigenvalue weighted by atomic mass is 16.4. The maximum atomic E-state index is 13.7. The van der Waals surface area contributed by atoms with E-state index in [0.29, 0.717) is 43.4 Å². The summed E-state index contributed by atoms with van der Waals surface area (Å²) < 4.78 is 0.420. The topological polar surface area (TPSA) is 162 Å². The number of nitrogens with two attached hydrogens (primary N) is 3. The van der Waals surface area contributed by atoms with Gasteiger partial charge in [0.25, 0.3) is 0 Å². The van der Waals surface area contributed by atoms with Gasteiger partial charge < -0.3 is 26.8 Å². The van der Waals surface area contributed by atoms with Gasteiger partial charge >= 0.3 is 5.97 Å². The summed E-state index contributed by atoms with van der Waals surface area (Å²) in [6.45, 7) is 5.81. The second-order valence-electron chi connectivity index (χ2n) is 18.0. The SMILES string of the molecule is CCCCCCCC/C=C\CCCCCCCC(=O)CC(C[N+](C)(C)CC[C@](N)(CCCN=C(N)N)C(=O)O)C(=O)CCCCCCC/C=C\CCCCCCCC. The van der Waals surface area contributed by atoms with E-state index in [2.05, 4.69) is 43.1 Å². The summed E-state index contributed by atoms with van der Waals surface area (Å²) in [6, 6.07) is 0. The van der Waals surface area contributed by atoms with Crippen LogP contribution in [0.2, 0.25) is 0 Å². The van der Waals surface area contributed by atoms with Gasteiger partial charge in [-0.15, -0.1) is 0 Å². The van der Waals surface area contributed by atoms with Crippen molar-refractivity contribution >= 4 is 23.5 Å². The lowest BCUT2D eigenvalue weighted by molar-refractivity contribution is -0.893. The largest absolute Gasteiger partial charge is 0.480 e. The molecule has 0 spiro atoms. The van der Waals surface area contributed by atoms with Crippen molar-refractivity contribution in [2.45, 2.75) is 225 Å². The second kappa shape index (κ2) is 37.5. The first kappa shape index (κ1) is 55.5. The molecule has 9 heteroatoms. The first-order valence-corrected chi connectivity index (χ1v) is 24.1. The summed E-state index contributed by atoms with van der Waals surface area (Å²) >= 11 is 0. The minimum absolute atomic E-state index is 0.0278. The highest BCUT2D eigenvalue weighted by Gasteiger charge is 2.37. The molecule has 0 aromatic heterocycles. The monoisotopic (exact) mass is 817 g/mol. The van der Waals surface area contributed by atoms with Gasteiger partial charge in [0.2, 0.25) is 0 Å². The summed E-state index contributed by atoms with van der Waals surface area (Å²) in [5.74, 6) is -1.12. The quantitative estimate of drug-likeness (QED) is 0.0156. The minimum atomic E-state index is -1.42. The van der Waals surface area contributed by atoms with Gasteiger partial charge in [-0.3, -0.25) is 19.4 Å². The smallest absolute Gasteiger partial charge is 0.323 e. The molecule has 7 N–H and O–H groups in total. The van der Waals surface area contributed by atoms with Crippen LogP contribution < -0.4 is 17.2 Å². The Balaban J connectivity index is 4.88. The predicted molar refractivity (Wildman–Crippen MR) is 248 cm³/mol. The van der Waals surface area contributed by atoms with Crippen LogP contribution in [0.15, 0.2) is 29.3 Å². The third kappa shape index (κ3) is 34.4. The molecule has 338 valence electrons. The average molecular weight is 817 g/mol. The van der Waals surface area contributed by atoms with E-state index in [-0.39, 0.29) is 42.7 Å². The predicted octanol–water partition coefficient (Wildman–Crippen LogP) is 11.5. The number of carboxylic acid groups (broad SMARTS) is 1. The van der Waals surface area contributed by atoms with Crippen LogP contribution in [0, 0.1) is 5.92 Å². The van der Waals surface area contributed by atoms with Gasteiger partial charge in [-0.05, 0) is 77.0 Å². The van der Waals surface area contributed by atoms with E-state index in [0.717, 1.165) is 51.4 Å². The normalized spacial score (nSPS) is 13.6. The van der Waals surface area contributed by atoms with Gasteiger partial charge in [0.05, 0.1) is 33.1 Å². The first-order chi connectivity index (χ1) is 27.9. The molecule has 0 aromatic carbocycles. The summed E-state index contributed by atoms with van der Waals surface area (Å²) in [5, 5.41) is 10.00. The molecule has 0 radical (unpaired) electrons. The number of nitrogens with zero attached hydrogens (tertiary/aromatic N) is 2. The van der Waals surface area contributed by atoms with E-state index in [9.17, 15) is 19.5 Å². The minimum Gasteiger partial charge on any atom is -0.480 e. The van der Waals surface area contributed by atoms with E-state index in [1.54, 1.807) is 0 Å². The van der Waals surface area contributed by atoms with Crippen molar-refractivity contribution in [3.05, 3.63) is 24.3 Å². The van der Waals surface area contributed by atoms with Crippen molar-refractivity contribution in [2.75, 3.05) is 33.7 Å². The molecule has 0 aliphatic rings. The number of carbonyl (C=O) groups is 3. The maximum Gasteiger partial charge on any atom is 0.323 e. The Hall–Kier alpha value is -2.52. The molecule has 0 saturated carbocycles. The highest BCUT2D eigenvalue weighted by Crippen LogP contribution is 2.22. The molecule has 0 bridgehead atoms. The van der Waals surface area contributed by atoms with E-state index < -0.39 is 11.5 Å². The molecular formula is C49H94N5O4+. The van der Waals surface area contributed by atoms with E-state index in [4.69, 9.17) is 17.2 Å². The lowest BCUT2D eigenvalue weighted by Gasteiger charge is -2.36. The number of hydrogen-bond acceptors (Lipinski definition) is 5. The van der Waals surface area contributed by atoms with Crippen molar-refractivity contribution in [1.82, 2.24) is 0 Å². The Labute approximate surface area is 357 Å². The summed E-state index contributed by atoms with van der Waals surface area (Å²) in [6.07, 6.45) is 43.1. The number of unbranched alkanes of at least 4 members (excludes halogenated alkanes) is 22. The van der Waals surface area contributed by atoms with Gasteiger partial charge in [-0.2, -0.15) is 0 Å². The van der Waals surface area contributed by atoms with Crippen LogP contribution in [0.25, 0.3) is 0 Å². The second-order valence-corrected chi connectivity index (χ2v) is 18.0. The average Bonchev–Trinajstić information content (AvgIpc) is 3.18. The lowest BCUT2D eigenvalue weighted by atomic mass is 9.88. The van der Waals surface area contributed by atoms with Crippen LogP contribution in [0.5, 0.6) is 0 Å². The zero-order chi connectivity index (χ0) is 43.2. The zero-order valence-corrected chi connectivity index (χ0v) is 38.4. The van der Waals surface area contributed by atoms with Crippen molar-refractivity contribution in [2.24, 2.45) is 28.1 Å². The number of hydrogen-bond donors (Lipinski definition) is 4. The summed E-state index contributed by atoms with van der Waals surface area (Å²) in [5.41, 5.74) is 15.8. The number of allylic oxidation sites excluding steroid dienone is 4. The van der Waals surface area contributed by atoms with E-state index in [1.165, 1.54) is 116 Å². The van der Waals surface area contributed by atoms with Crippen LogP contribution in [0.1, 0.15) is 219 Å². The Morgan fingerprint density at radius 3 is 1.45 bits per heavy atom. The number of carboxylic acids is 1. The van der Waals surface area contributed by atoms with Crippen LogP contribution in [-0.2, 0) is 14.4 Å². The summed E-state index contributed by atoms with van der Waals surface area (Å²) in [4.78, 5) is 43.2. The van der Waals surface area contributed by atoms with Crippen LogP contribution in [-0.4, -0.2) is 72.4 Å². The van der Waals surface area contributed by atoms with Crippen molar-refractivity contribution in [1.29, 1.82) is 0 Å². The standard InChI is InChI=1S/C49H93N5O4/c1-5-7-9-11-13-15-17-19-21-23-25-27-29-31-33-36-45(55)42-44(43-54(3,4)41-39-49(52,47(57)58)38-35-40-53-48(50)51)46(56)37-34-32-30-28-26-24-22-20-18-16-14-12-10-8-6-2/h19-22,44H,5-18,23-43,52H2,1-4H3,(H4-,50,51,53,57,58)/p+1/b21-19-,22-20-/t44?,49-/m1/s1. The third-order valence-electron chi connectivity index (χ3n) is 11.7. The number of Topliss-reactive ketones (excluding diaryl/α,β-unsaturated/α-hetero) is 2. The van der Waals surface area contributed by atoms with Crippen molar-refractivity contribution in [3.8, 4) is 0 Å². The molecule has 0 saturated heterocycles. The number of carbonyl (C=O) groups excluding carboxylic acids is 2. The highest BCUT2D eigenvalue weighted by molar-refractivity contribution is 5.88. The number of ketones is 2. The van der Waals surface area contributed by atoms with Crippen LogP contribution >= 0.6 is 0 Å². The zero-order valence-electron chi connectivity index (χ0n) is 38.4. The number of rotatable bonds is 43. The van der Waals surface area contributed by atoms with Gasteiger partial charge in [-0.1, -0.05) is 141 Å². The Bertz CT molecular complexity index is 1120. The fourth-order valence-electron chi connectivity index (χ4n) is 7.76. The molecule has 0 heterocycles. The molecule has 0 aliphatic carbocycles. The summed E-state index contributed by atoms with van der Waals surface area (Å²) in [7, 11) is 4.02. The number of guanidine groups is 1. The molecule has 1 unspecified atom stereocenters. The Morgan fingerprint density at radius 1 is 0.603 bits per heavy atom. The molecule has 9 nitrogen and oxygen atoms in total. The van der Waals surface area contributed by atoms with Gasteiger partial charge in [-0.25, -0.2) is 0 Å². The fraction of sp³-hybridized carbons (Fsp3) is 0.837. The Kier molecular flexibility index (Phi) is 35.8. The molecule has 0 rings (SSSR count). The third-order valence-corrected chi connectivity index (χ3v) is 11.7. The molecule has 58 heavy (non-hydrogen) atoms. The molecule has 0 amide bonds. The van der Waals surface area contributed by atoms with Gasteiger partial charge in [0.1, 0.15) is 17.1 Å². The molecule has 0 aliphatic heterocycles. The van der Waals surface area contributed by atoms with Crippen molar-refractivity contribution < 1.29 is 24.0 Å². The number of aliphatic imine (C=N–C) groups is 1. The fourth-order valence-corrected chi connectivity index (χ4v) is 7.76. The van der Waals surface area contributed by atoms with Gasteiger partial charge in [0.15, 0.2) is 5.96 Å². The number of quaternary nitrogens is 1. The van der Waals surface area contributed by atoms with Gasteiger partial charge in [0, 0.05) is 32.2 Å².